The van der Waals surface area contributed by atoms with Crippen LogP contribution in [0.25, 0.3) is 0 Å². The quantitative estimate of drug-likeness (QED) is 0.170. The molecule has 0 aliphatic carbocycles. The van der Waals surface area contributed by atoms with Crippen molar-refractivity contribution < 1.29 is 27.1 Å². The van der Waals surface area contributed by atoms with Gasteiger partial charge in [0, 0.05) is 0 Å². The average Bonchev–Trinajstić information content (AvgIpc) is 2.51. The molecule has 0 radical (unpaired) electrons. The summed E-state index contributed by atoms with van der Waals surface area (Å²) in [4.78, 5) is 10.7. The van der Waals surface area contributed by atoms with Crippen LogP contribution in [0.3, 0.4) is 0 Å². The van der Waals surface area contributed by atoms with Crippen LogP contribution in [0.5, 0.6) is 0 Å². The molecule has 23 heavy (non-hydrogen) atoms. The van der Waals surface area contributed by atoms with Crippen LogP contribution in [0.15, 0.2) is 12.2 Å². The van der Waals surface area contributed by atoms with E-state index in [9.17, 15) is 22.4 Å². The monoisotopic (exact) mass is 340 g/mol. The van der Waals surface area contributed by atoms with Gasteiger partial charge >= 0.3 is 18.3 Å². The fourth-order valence-corrected chi connectivity index (χ4v) is 1.98. The summed E-state index contributed by atoms with van der Waals surface area (Å²) in [7, 11) is 0. The smallest absolute Gasteiger partial charge is 0.401 e. The number of carbonyl (C=O) groups excluding carboxylic acids is 1. The second-order valence-corrected chi connectivity index (χ2v) is 5.58. The zero-order valence-electron chi connectivity index (χ0n) is 13.8. The molecule has 0 saturated carbocycles. The van der Waals surface area contributed by atoms with Gasteiger partial charge in [-0.15, -0.1) is 0 Å². The van der Waals surface area contributed by atoms with Gasteiger partial charge in [-0.3, -0.25) is 0 Å². The molecule has 6 heteroatoms. The molecule has 0 bridgehead atoms. The highest BCUT2D eigenvalue weighted by atomic mass is 19.3. The molecule has 0 atom stereocenters. The minimum absolute atomic E-state index is 0.235. The first-order valence-electron chi connectivity index (χ1n) is 8.41. The van der Waals surface area contributed by atoms with Gasteiger partial charge in [-0.2, -0.15) is 8.78 Å². The first-order chi connectivity index (χ1) is 10.9. The fraction of sp³-hybridized carbons (Fsp3) is 0.824. The number of halogens is 4. The van der Waals surface area contributed by atoms with E-state index in [0.29, 0.717) is 6.42 Å². The van der Waals surface area contributed by atoms with E-state index >= 15 is 0 Å². The standard InChI is InChI=1S/C17H28F4O2/c1-2-3-4-5-6-7-8-9-10-11-12-13-14-23-16(22)17(20,21)15(18)19/h5-6,15H,2-4,7-14H2,1H3/b6-5-. The van der Waals surface area contributed by atoms with Gasteiger partial charge in [0.05, 0.1) is 6.61 Å². The maximum Gasteiger partial charge on any atom is 0.401 e. The number of allylic oxidation sites excluding steroid dienone is 2. The molecule has 0 aliphatic rings. The maximum atomic E-state index is 12.6. The van der Waals surface area contributed by atoms with Crippen LogP contribution >= 0.6 is 0 Å². The van der Waals surface area contributed by atoms with E-state index in [0.717, 1.165) is 44.9 Å². The Morgan fingerprint density at radius 2 is 1.48 bits per heavy atom. The Kier molecular flexibility index (Phi) is 12.8. The van der Waals surface area contributed by atoms with Crippen molar-refractivity contribution in [3.05, 3.63) is 12.2 Å². The summed E-state index contributed by atoms with van der Waals surface area (Å²) in [6.07, 6.45) is 10.4. The Bertz CT molecular complexity index is 331. The van der Waals surface area contributed by atoms with Gasteiger partial charge in [0.2, 0.25) is 0 Å². The van der Waals surface area contributed by atoms with Crippen molar-refractivity contribution in [2.75, 3.05) is 6.61 Å². The Balaban J connectivity index is 3.40. The van der Waals surface area contributed by atoms with Crippen molar-refractivity contribution in [3.8, 4) is 0 Å². The van der Waals surface area contributed by atoms with Crippen LogP contribution < -0.4 is 0 Å². The van der Waals surface area contributed by atoms with E-state index in [1.165, 1.54) is 12.8 Å². The van der Waals surface area contributed by atoms with Crippen molar-refractivity contribution in [2.24, 2.45) is 0 Å². The topological polar surface area (TPSA) is 26.3 Å². The van der Waals surface area contributed by atoms with Gasteiger partial charge < -0.3 is 4.74 Å². The Morgan fingerprint density at radius 1 is 0.957 bits per heavy atom. The largest absolute Gasteiger partial charge is 0.461 e. The van der Waals surface area contributed by atoms with Gasteiger partial charge in [0.25, 0.3) is 0 Å². The molecule has 0 spiro atoms. The molecular weight excluding hydrogens is 312 g/mol. The normalized spacial score (nSPS) is 12.3. The van der Waals surface area contributed by atoms with Crippen LogP contribution in [-0.4, -0.2) is 24.9 Å². The van der Waals surface area contributed by atoms with E-state index in [1.54, 1.807) is 0 Å². The highest BCUT2D eigenvalue weighted by Gasteiger charge is 2.50. The number of ether oxygens (including phenoxy) is 1. The number of alkyl halides is 4. The molecule has 0 rings (SSSR count). The van der Waals surface area contributed by atoms with Crippen LogP contribution in [0, 0.1) is 0 Å². The van der Waals surface area contributed by atoms with Crippen LogP contribution in [0.2, 0.25) is 0 Å². The molecule has 136 valence electrons. The second kappa shape index (κ2) is 13.4. The van der Waals surface area contributed by atoms with E-state index in [2.05, 4.69) is 23.8 Å². The third kappa shape index (κ3) is 11.2. The number of rotatable bonds is 14. The minimum atomic E-state index is -4.70. The average molecular weight is 340 g/mol. The SMILES string of the molecule is CCCC/C=C\CCCCCCCCOC(=O)C(F)(F)C(F)F. The Hall–Kier alpha value is -1.07. The lowest BCUT2D eigenvalue weighted by atomic mass is 10.1. The molecule has 0 saturated heterocycles. The number of hydrogen-bond acceptors (Lipinski definition) is 2. The lowest BCUT2D eigenvalue weighted by molar-refractivity contribution is -0.194. The summed E-state index contributed by atoms with van der Waals surface area (Å²) in [5, 5.41) is 0. The van der Waals surface area contributed by atoms with Crippen LogP contribution in [0.4, 0.5) is 17.6 Å². The van der Waals surface area contributed by atoms with Crippen molar-refractivity contribution in [3.63, 3.8) is 0 Å². The molecular formula is C17H28F4O2. The maximum absolute atomic E-state index is 12.6. The van der Waals surface area contributed by atoms with Gasteiger partial charge in [-0.1, -0.05) is 57.6 Å². The molecule has 0 aromatic rings. The summed E-state index contributed by atoms with van der Waals surface area (Å²) in [5.41, 5.74) is 0. The molecule has 0 aliphatic heterocycles. The number of hydrogen-bond donors (Lipinski definition) is 0. The fourth-order valence-electron chi connectivity index (χ4n) is 1.98. The van der Waals surface area contributed by atoms with Gasteiger partial charge in [0.1, 0.15) is 0 Å². The molecule has 0 unspecified atom stereocenters. The number of carbonyl (C=O) groups is 1. The lowest BCUT2D eigenvalue weighted by Gasteiger charge is -2.13. The van der Waals surface area contributed by atoms with Crippen molar-refractivity contribution in [1.29, 1.82) is 0 Å². The number of unbranched alkanes of at least 4 members (excludes halogenated alkanes) is 8. The van der Waals surface area contributed by atoms with Crippen molar-refractivity contribution in [1.82, 2.24) is 0 Å². The van der Waals surface area contributed by atoms with E-state index < -0.39 is 18.3 Å². The molecule has 0 amide bonds. The van der Waals surface area contributed by atoms with Crippen LogP contribution in [-0.2, 0) is 9.53 Å². The molecule has 0 heterocycles. The van der Waals surface area contributed by atoms with Crippen LogP contribution in [0.1, 0.15) is 71.1 Å². The zero-order valence-corrected chi connectivity index (χ0v) is 13.8. The Morgan fingerprint density at radius 3 is 2.04 bits per heavy atom. The van der Waals surface area contributed by atoms with Gasteiger partial charge in [-0.25, -0.2) is 13.6 Å². The molecule has 0 aromatic carbocycles. The van der Waals surface area contributed by atoms with E-state index in [4.69, 9.17) is 0 Å². The lowest BCUT2D eigenvalue weighted by Crippen LogP contribution is -2.38. The molecule has 0 N–H and O–H groups in total. The van der Waals surface area contributed by atoms with E-state index in [1.807, 2.05) is 0 Å². The predicted molar refractivity (Wildman–Crippen MR) is 82.9 cm³/mol. The molecule has 0 aromatic heterocycles. The first-order valence-corrected chi connectivity index (χ1v) is 8.41. The van der Waals surface area contributed by atoms with Crippen molar-refractivity contribution in [2.45, 2.75) is 83.5 Å². The summed E-state index contributed by atoms with van der Waals surface area (Å²) in [6.45, 7) is 1.93. The highest BCUT2D eigenvalue weighted by Crippen LogP contribution is 2.24. The predicted octanol–water partition coefficient (Wildman–Crippen LogP) is 5.91. The molecule has 2 nitrogen and oxygen atoms in total. The Labute approximate surface area is 136 Å². The van der Waals surface area contributed by atoms with E-state index in [-0.39, 0.29) is 6.61 Å². The third-order valence-corrected chi connectivity index (χ3v) is 3.44. The molecule has 0 fully saturated rings. The first kappa shape index (κ1) is 21.9. The summed E-state index contributed by atoms with van der Waals surface area (Å²) in [5.74, 6) is -6.84. The zero-order chi connectivity index (χ0) is 17.6. The van der Waals surface area contributed by atoms with Crippen molar-refractivity contribution >= 4 is 5.97 Å². The summed E-state index contributed by atoms with van der Waals surface area (Å²) in [6, 6.07) is 0. The van der Waals surface area contributed by atoms with Gasteiger partial charge in [-0.05, 0) is 25.7 Å². The van der Waals surface area contributed by atoms with Gasteiger partial charge in [0.15, 0.2) is 0 Å². The summed E-state index contributed by atoms with van der Waals surface area (Å²) < 4.78 is 53.0. The number of esters is 1. The highest BCUT2D eigenvalue weighted by molar-refractivity contribution is 5.78. The summed E-state index contributed by atoms with van der Waals surface area (Å²) >= 11 is 0. The second-order valence-electron chi connectivity index (χ2n) is 5.58. The minimum Gasteiger partial charge on any atom is -0.461 e. The third-order valence-electron chi connectivity index (χ3n) is 3.44.